The second-order valence-corrected chi connectivity index (χ2v) is 7.04. The third-order valence-corrected chi connectivity index (χ3v) is 4.87. The van der Waals surface area contributed by atoms with E-state index in [0.717, 1.165) is 11.6 Å². The van der Waals surface area contributed by atoms with Gasteiger partial charge in [0.15, 0.2) is 28.9 Å². The number of aromatic nitrogens is 2. The third-order valence-electron chi connectivity index (χ3n) is 4.87. The second-order valence-electron chi connectivity index (χ2n) is 7.04. The smallest absolute Gasteiger partial charge is 0.247 e. The highest BCUT2D eigenvalue weighted by molar-refractivity contribution is 6.01. The zero-order chi connectivity index (χ0) is 24.7. The number of hydrogen-bond acceptors (Lipinski definition) is 7. The number of methoxy groups -OCH3 is 2. The Labute approximate surface area is 195 Å². The van der Waals surface area contributed by atoms with Gasteiger partial charge in [0.25, 0.3) is 0 Å². The van der Waals surface area contributed by atoms with Crippen LogP contribution >= 0.6 is 0 Å². The van der Waals surface area contributed by atoms with Gasteiger partial charge in [0.05, 0.1) is 44.6 Å². The minimum Gasteiger partial charge on any atom is -0.494 e. The Morgan fingerprint density at radius 2 is 1.76 bits per heavy atom. The van der Waals surface area contributed by atoms with Crippen LogP contribution in [0.15, 0.2) is 49.3 Å². The lowest BCUT2D eigenvalue weighted by Gasteiger charge is -2.14. The summed E-state index contributed by atoms with van der Waals surface area (Å²) in [5.41, 5.74) is 1.84. The lowest BCUT2D eigenvalue weighted by molar-refractivity contribution is -0.111. The van der Waals surface area contributed by atoms with Crippen LogP contribution in [0.1, 0.15) is 11.1 Å². The molecule has 0 radical (unpaired) electrons. The maximum Gasteiger partial charge on any atom is 0.247 e. The number of carbonyl (C=O) groups is 1. The molecule has 0 spiro atoms. The molecule has 1 heterocycles. The largest absolute Gasteiger partial charge is 0.494 e. The van der Waals surface area contributed by atoms with Crippen molar-refractivity contribution >= 4 is 23.2 Å². The Kier molecular flexibility index (Phi) is 7.96. The summed E-state index contributed by atoms with van der Waals surface area (Å²) >= 11 is 0. The van der Waals surface area contributed by atoms with E-state index in [4.69, 9.17) is 14.2 Å². The van der Waals surface area contributed by atoms with Crippen LogP contribution in [0.4, 0.5) is 26.1 Å². The van der Waals surface area contributed by atoms with Gasteiger partial charge >= 0.3 is 0 Å². The molecular formula is C24H24F2N4O4. The molecule has 0 fully saturated rings. The summed E-state index contributed by atoms with van der Waals surface area (Å²) in [6, 6.07) is 6.56. The lowest BCUT2D eigenvalue weighted by Crippen LogP contribution is -2.10. The van der Waals surface area contributed by atoms with Gasteiger partial charge in [-0.05, 0) is 24.6 Å². The molecule has 0 aliphatic carbocycles. The fourth-order valence-electron chi connectivity index (χ4n) is 3.12. The normalized spacial score (nSPS) is 10.4. The number of para-hydroxylation sites is 1. The summed E-state index contributed by atoms with van der Waals surface area (Å²) < 4.78 is 44.3. The van der Waals surface area contributed by atoms with E-state index in [1.165, 1.54) is 32.7 Å². The Bertz CT molecular complexity index is 1160. The van der Waals surface area contributed by atoms with Crippen molar-refractivity contribution < 1.29 is 27.8 Å². The van der Waals surface area contributed by atoms with Crippen LogP contribution in [0.25, 0.3) is 0 Å². The first-order valence-electron chi connectivity index (χ1n) is 10.2. The average molecular weight is 470 g/mol. The summed E-state index contributed by atoms with van der Waals surface area (Å²) in [6.45, 7) is 5.29. The number of amides is 1. The van der Waals surface area contributed by atoms with Crippen molar-refractivity contribution in [3.8, 4) is 17.2 Å². The van der Waals surface area contributed by atoms with Crippen LogP contribution in [0, 0.1) is 18.6 Å². The molecule has 0 atom stereocenters. The van der Waals surface area contributed by atoms with Crippen molar-refractivity contribution in [2.45, 2.75) is 13.3 Å². The number of nitrogens with zero attached hydrogens (tertiary/aromatic N) is 2. The van der Waals surface area contributed by atoms with Crippen molar-refractivity contribution in [1.82, 2.24) is 9.97 Å². The van der Waals surface area contributed by atoms with Gasteiger partial charge in [-0.15, -0.1) is 0 Å². The standard InChI is InChI=1S/C24H24F2N4O4/c1-5-20(31)29-17-8-6-7-14(2)23(17)30-24-27-12-15(13-28-24)34-10-9-16-21(25)18(32-3)11-19(33-4)22(16)26/h5-8,11-13H,1,9-10H2,2-4H3,(H,29,31)(H,27,28,30). The quantitative estimate of drug-likeness (QED) is 0.419. The predicted octanol–water partition coefficient (Wildman–Crippen LogP) is 4.57. The van der Waals surface area contributed by atoms with E-state index in [1.54, 1.807) is 12.1 Å². The van der Waals surface area contributed by atoms with E-state index in [9.17, 15) is 13.6 Å². The summed E-state index contributed by atoms with van der Waals surface area (Å²) in [5.74, 6) is -1.62. The fourth-order valence-corrected chi connectivity index (χ4v) is 3.12. The Morgan fingerprint density at radius 3 is 2.35 bits per heavy atom. The molecule has 0 bridgehead atoms. The topological polar surface area (TPSA) is 94.6 Å². The van der Waals surface area contributed by atoms with Gasteiger partial charge in [-0.25, -0.2) is 18.7 Å². The van der Waals surface area contributed by atoms with Crippen LogP contribution in [-0.2, 0) is 11.2 Å². The summed E-state index contributed by atoms with van der Waals surface area (Å²) in [4.78, 5) is 20.1. The Morgan fingerprint density at radius 1 is 1.12 bits per heavy atom. The highest BCUT2D eigenvalue weighted by Crippen LogP contribution is 2.32. The lowest BCUT2D eigenvalue weighted by atomic mass is 10.1. The van der Waals surface area contributed by atoms with Crippen LogP contribution in [0.3, 0.4) is 0 Å². The van der Waals surface area contributed by atoms with Crippen molar-refractivity contribution in [3.63, 3.8) is 0 Å². The van der Waals surface area contributed by atoms with Crippen LogP contribution in [0.2, 0.25) is 0 Å². The first-order valence-corrected chi connectivity index (χ1v) is 10.2. The molecule has 0 aliphatic rings. The number of hydrogen-bond donors (Lipinski definition) is 2. The minimum absolute atomic E-state index is 0.0319. The van der Waals surface area contributed by atoms with Crippen molar-refractivity contribution in [2.24, 2.45) is 0 Å². The maximum atomic E-state index is 14.5. The number of nitrogens with one attached hydrogen (secondary N) is 2. The Hall–Kier alpha value is -4.21. The molecule has 0 saturated heterocycles. The van der Waals surface area contributed by atoms with Gasteiger partial charge in [0, 0.05) is 18.1 Å². The minimum atomic E-state index is -0.808. The maximum absolute atomic E-state index is 14.5. The number of aryl methyl sites for hydroxylation is 1. The second kappa shape index (κ2) is 11.1. The zero-order valence-corrected chi connectivity index (χ0v) is 18.9. The number of anilines is 3. The van der Waals surface area contributed by atoms with E-state index in [-0.39, 0.29) is 41.9 Å². The van der Waals surface area contributed by atoms with Gasteiger partial charge in [0.1, 0.15) is 0 Å². The molecule has 3 rings (SSSR count). The SMILES string of the molecule is C=CC(=O)Nc1cccc(C)c1Nc1ncc(OCCc2c(F)c(OC)cc(OC)c2F)cn1. The molecule has 0 aliphatic heterocycles. The highest BCUT2D eigenvalue weighted by atomic mass is 19.1. The first-order chi connectivity index (χ1) is 16.4. The molecule has 34 heavy (non-hydrogen) atoms. The molecule has 0 unspecified atom stereocenters. The van der Waals surface area contributed by atoms with Crippen molar-refractivity contribution in [2.75, 3.05) is 31.5 Å². The molecule has 0 saturated carbocycles. The molecule has 1 amide bonds. The van der Waals surface area contributed by atoms with E-state index < -0.39 is 11.6 Å². The Balaban J connectivity index is 1.67. The van der Waals surface area contributed by atoms with Crippen molar-refractivity contribution in [1.29, 1.82) is 0 Å². The number of ether oxygens (including phenoxy) is 3. The van der Waals surface area contributed by atoms with E-state index in [1.807, 2.05) is 13.0 Å². The molecule has 2 N–H and O–H groups in total. The van der Waals surface area contributed by atoms with Gasteiger partial charge in [-0.3, -0.25) is 4.79 Å². The zero-order valence-electron chi connectivity index (χ0n) is 18.9. The average Bonchev–Trinajstić information content (AvgIpc) is 2.84. The number of benzene rings is 2. The number of halogens is 2. The number of carbonyl (C=O) groups excluding carboxylic acids is 1. The van der Waals surface area contributed by atoms with Crippen LogP contribution in [0.5, 0.6) is 17.2 Å². The fraction of sp³-hybridized carbons (Fsp3) is 0.208. The van der Waals surface area contributed by atoms with Gasteiger partial charge in [0.2, 0.25) is 11.9 Å². The van der Waals surface area contributed by atoms with Gasteiger partial charge in [-0.1, -0.05) is 18.7 Å². The van der Waals surface area contributed by atoms with Crippen LogP contribution < -0.4 is 24.8 Å². The van der Waals surface area contributed by atoms with E-state index >= 15 is 0 Å². The molecular weight excluding hydrogens is 446 g/mol. The molecule has 10 heteroatoms. The molecule has 3 aromatic rings. The van der Waals surface area contributed by atoms with Crippen LogP contribution in [-0.4, -0.2) is 36.7 Å². The summed E-state index contributed by atoms with van der Waals surface area (Å²) in [7, 11) is 2.58. The van der Waals surface area contributed by atoms with Crippen molar-refractivity contribution in [3.05, 3.63) is 72.1 Å². The molecule has 178 valence electrons. The molecule has 8 nitrogen and oxygen atoms in total. The summed E-state index contributed by atoms with van der Waals surface area (Å²) in [5, 5.41) is 5.79. The molecule has 1 aromatic heterocycles. The number of rotatable bonds is 10. The third kappa shape index (κ3) is 5.58. The summed E-state index contributed by atoms with van der Waals surface area (Å²) in [6.07, 6.45) is 3.96. The predicted molar refractivity (Wildman–Crippen MR) is 124 cm³/mol. The molecule has 2 aromatic carbocycles. The van der Waals surface area contributed by atoms with Gasteiger partial charge in [-0.2, -0.15) is 0 Å². The van der Waals surface area contributed by atoms with Gasteiger partial charge < -0.3 is 24.8 Å². The monoisotopic (exact) mass is 470 g/mol. The highest BCUT2D eigenvalue weighted by Gasteiger charge is 2.20. The van der Waals surface area contributed by atoms with E-state index in [2.05, 4.69) is 27.2 Å². The van der Waals surface area contributed by atoms with E-state index in [0.29, 0.717) is 17.1 Å². The first kappa shape index (κ1) is 24.4.